The summed E-state index contributed by atoms with van der Waals surface area (Å²) in [5, 5.41) is 13.4. The van der Waals surface area contributed by atoms with Crippen molar-refractivity contribution >= 4 is 39.5 Å². The van der Waals surface area contributed by atoms with Crippen LogP contribution in [0.25, 0.3) is 11.0 Å². The number of imidazole rings is 1. The molecule has 0 aliphatic heterocycles. The summed E-state index contributed by atoms with van der Waals surface area (Å²) >= 11 is 0. The third-order valence-electron chi connectivity index (χ3n) is 3.18. The topological polar surface area (TPSA) is 125 Å². The maximum absolute atomic E-state index is 12.6. The highest BCUT2D eigenvalue weighted by Gasteiger charge is 2.34. The molecule has 1 aromatic carbocycles. The molecule has 0 saturated carbocycles. The first-order valence-corrected chi connectivity index (χ1v) is 8.88. The number of ether oxygens (including phenoxy) is 1. The average Bonchev–Trinajstić information content (AvgIpc) is 2.91. The smallest absolute Gasteiger partial charge is 0.478 e. The van der Waals surface area contributed by atoms with Gasteiger partial charge in [0.05, 0.1) is 16.6 Å². The molecule has 1 aromatic heterocycles. The number of aromatic nitrogens is 2. The monoisotopic (exact) mass is 406 g/mol. The number of hydrazone groups is 1. The van der Waals surface area contributed by atoms with Crippen molar-refractivity contribution in [2.75, 3.05) is 11.3 Å². The predicted molar refractivity (Wildman–Crippen MR) is 89.3 cm³/mol. The number of alkyl halides is 3. The summed E-state index contributed by atoms with van der Waals surface area (Å²) in [6.07, 6.45) is -3.31. The van der Waals surface area contributed by atoms with Gasteiger partial charge in [-0.05, 0) is 13.0 Å². The molecule has 27 heavy (non-hydrogen) atoms. The quantitative estimate of drug-likeness (QED) is 0.428. The standard InChI is InChI=1S/C14H13F3N4O5S/c1-7(12(22)23)6-21(18-2)13-19-8-4-10(26-14(15,16)17)11(27(3,24)25)5-9(8)20-13/h4-6H,2H2,1,3H3,(H,19,20)(H,22,23)/b7-6+. The molecule has 0 amide bonds. The number of hydrogen-bond acceptors (Lipinski definition) is 7. The average molecular weight is 406 g/mol. The lowest BCUT2D eigenvalue weighted by atomic mass is 10.3. The second-order valence-corrected chi connectivity index (χ2v) is 7.28. The van der Waals surface area contributed by atoms with E-state index in [9.17, 15) is 26.4 Å². The zero-order valence-corrected chi connectivity index (χ0v) is 14.7. The second-order valence-electron chi connectivity index (χ2n) is 5.30. The molecule has 0 spiro atoms. The van der Waals surface area contributed by atoms with Crippen LogP contribution in [0.4, 0.5) is 19.1 Å². The van der Waals surface area contributed by atoms with Crippen molar-refractivity contribution in [3.8, 4) is 5.75 Å². The fourth-order valence-corrected chi connectivity index (χ4v) is 2.81. The van der Waals surface area contributed by atoms with E-state index in [0.29, 0.717) is 0 Å². The fourth-order valence-electron chi connectivity index (χ4n) is 2.01. The number of nitrogens with one attached hydrogen (secondary N) is 1. The molecule has 2 rings (SSSR count). The van der Waals surface area contributed by atoms with Gasteiger partial charge in [-0.25, -0.2) is 23.2 Å². The SMILES string of the molecule is C=NN(/C=C(\C)C(=O)O)c1nc2cc(OC(F)(F)F)c(S(C)(=O)=O)cc2[nH]1. The number of aliphatic carboxylic acids is 1. The molecule has 0 radical (unpaired) electrons. The first-order chi connectivity index (χ1) is 12.3. The van der Waals surface area contributed by atoms with Crippen LogP contribution >= 0.6 is 0 Å². The van der Waals surface area contributed by atoms with Crippen LogP contribution in [0.1, 0.15) is 6.92 Å². The third-order valence-corrected chi connectivity index (χ3v) is 4.30. The molecule has 1 heterocycles. The van der Waals surface area contributed by atoms with Gasteiger partial charge < -0.3 is 14.8 Å². The van der Waals surface area contributed by atoms with E-state index in [4.69, 9.17) is 5.11 Å². The molecule has 2 aromatic rings. The lowest BCUT2D eigenvalue weighted by molar-refractivity contribution is -0.275. The highest BCUT2D eigenvalue weighted by atomic mass is 32.2. The van der Waals surface area contributed by atoms with Crippen molar-refractivity contribution in [1.29, 1.82) is 0 Å². The first-order valence-electron chi connectivity index (χ1n) is 6.99. The molecule has 0 bridgehead atoms. The largest absolute Gasteiger partial charge is 0.573 e. The molecule has 0 unspecified atom stereocenters. The molecule has 0 fully saturated rings. The Balaban J connectivity index is 2.64. The zero-order chi connectivity index (χ0) is 20.6. The molecule has 0 saturated heterocycles. The Hall–Kier alpha value is -3.09. The van der Waals surface area contributed by atoms with Crippen molar-refractivity contribution in [1.82, 2.24) is 9.97 Å². The Morgan fingerprint density at radius 3 is 2.56 bits per heavy atom. The van der Waals surface area contributed by atoms with E-state index < -0.39 is 32.8 Å². The van der Waals surface area contributed by atoms with Crippen molar-refractivity contribution in [2.24, 2.45) is 5.10 Å². The Kier molecular flexibility index (Phi) is 5.17. The van der Waals surface area contributed by atoms with Crippen LogP contribution in [-0.4, -0.2) is 48.8 Å². The van der Waals surface area contributed by atoms with E-state index in [2.05, 4.69) is 26.5 Å². The summed E-state index contributed by atoms with van der Waals surface area (Å²) in [5.74, 6) is -2.27. The number of benzene rings is 1. The summed E-state index contributed by atoms with van der Waals surface area (Å²) in [4.78, 5) is 16.8. The van der Waals surface area contributed by atoms with Crippen molar-refractivity contribution in [3.63, 3.8) is 0 Å². The van der Waals surface area contributed by atoms with Gasteiger partial charge in [0.2, 0.25) is 5.95 Å². The summed E-state index contributed by atoms with van der Waals surface area (Å²) in [7, 11) is -4.06. The van der Waals surface area contributed by atoms with E-state index >= 15 is 0 Å². The number of fused-ring (bicyclic) bond motifs is 1. The number of rotatable bonds is 6. The van der Waals surface area contributed by atoms with E-state index in [1.54, 1.807) is 0 Å². The number of halogens is 3. The Morgan fingerprint density at radius 2 is 2.07 bits per heavy atom. The van der Waals surface area contributed by atoms with Crippen LogP contribution in [-0.2, 0) is 14.6 Å². The van der Waals surface area contributed by atoms with E-state index in [1.807, 2.05) is 0 Å². The number of H-pyrrole nitrogens is 1. The lowest BCUT2D eigenvalue weighted by Gasteiger charge is -2.12. The molecular formula is C14H13F3N4O5S. The minimum atomic E-state index is -5.11. The molecule has 13 heteroatoms. The van der Waals surface area contributed by atoms with Gasteiger partial charge in [0.15, 0.2) is 9.84 Å². The maximum atomic E-state index is 12.6. The third kappa shape index (κ3) is 4.75. The number of nitrogens with zero attached hydrogens (tertiary/aromatic N) is 3. The highest BCUT2D eigenvalue weighted by molar-refractivity contribution is 7.90. The molecule has 9 nitrogen and oxygen atoms in total. The lowest BCUT2D eigenvalue weighted by Crippen LogP contribution is -2.18. The molecule has 146 valence electrons. The van der Waals surface area contributed by atoms with E-state index in [1.165, 1.54) is 6.92 Å². The summed E-state index contributed by atoms with van der Waals surface area (Å²) in [6.45, 7) is 4.53. The molecular weight excluding hydrogens is 393 g/mol. The molecule has 0 aliphatic carbocycles. The van der Waals surface area contributed by atoms with Gasteiger partial charge in [-0.15, -0.1) is 13.2 Å². The van der Waals surface area contributed by atoms with Gasteiger partial charge in [0.25, 0.3) is 0 Å². The van der Waals surface area contributed by atoms with E-state index in [0.717, 1.165) is 29.6 Å². The number of hydrogen-bond donors (Lipinski definition) is 2. The number of anilines is 1. The van der Waals surface area contributed by atoms with Gasteiger partial charge in [-0.2, -0.15) is 5.10 Å². The summed E-state index contributed by atoms with van der Waals surface area (Å²) in [5.41, 5.74) is -0.123. The van der Waals surface area contributed by atoms with Gasteiger partial charge in [0.1, 0.15) is 10.6 Å². The summed E-state index contributed by atoms with van der Waals surface area (Å²) < 4.78 is 65.1. The normalized spacial score (nSPS) is 12.9. The van der Waals surface area contributed by atoms with Gasteiger partial charge in [-0.3, -0.25) is 0 Å². The van der Waals surface area contributed by atoms with Crippen LogP contribution in [0.5, 0.6) is 5.75 Å². The molecule has 2 N–H and O–H groups in total. The minimum Gasteiger partial charge on any atom is -0.478 e. The van der Waals surface area contributed by atoms with Crippen molar-refractivity contribution < 1.29 is 36.2 Å². The Morgan fingerprint density at radius 1 is 1.44 bits per heavy atom. The van der Waals surface area contributed by atoms with Gasteiger partial charge in [0, 0.05) is 25.2 Å². The van der Waals surface area contributed by atoms with Gasteiger partial charge >= 0.3 is 12.3 Å². The minimum absolute atomic E-state index is 0.0633. The Bertz CT molecular complexity index is 1040. The van der Waals surface area contributed by atoms with Crippen LogP contribution in [0.3, 0.4) is 0 Å². The van der Waals surface area contributed by atoms with Crippen LogP contribution < -0.4 is 9.75 Å². The fraction of sp³-hybridized carbons (Fsp3) is 0.214. The van der Waals surface area contributed by atoms with Crippen molar-refractivity contribution in [2.45, 2.75) is 18.2 Å². The van der Waals surface area contributed by atoms with E-state index in [-0.39, 0.29) is 22.6 Å². The zero-order valence-electron chi connectivity index (χ0n) is 13.9. The first kappa shape index (κ1) is 20.2. The number of sulfone groups is 1. The van der Waals surface area contributed by atoms with Crippen molar-refractivity contribution in [3.05, 3.63) is 23.9 Å². The van der Waals surface area contributed by atoms with Crippen LogP contribution in [0.15, 0.2) is 33.9 Å². The number of carboxylic acid groups (broad SMARTS) is 1. The maximum Gasteiger partial charge on any atom is 0.573 e. The molecule has 0 atom stereocenters. The summed E-state index contributed by atoms with van der Waals surface area (Å²) in [6, 6.07) is 1.73. The van der Waals surface area contributed by atoms with Gasteiger partial charge in [-0.1, -0.05) is 0 Å². The Labute approximate surface area is 150 Å². The number of aromatic amines is 1. The predicted octanol–water partition coefficient (Wildman–Crippen LogP) is 2.28. The van der Waals surface area contributed by atoms with Crippen LogP contribution in [0, 0.1) is 0 Å². The number of carbonyl (C=O) groups is 1. The molecule has 0 aliphatic rings. The van der Waals surface area contributed by atoms with Crippen LogP contribution in [0.2, 0.25) is 0 Å². The number of carboxylic acids is 1. The highest BCUT2D eigenvalue weighted by Crippen LogP contribution is 2.33. The second kappa shape index (κ2) is 6.90.